The number of nitrogens with one attached hydrogen (secondary N) is 1. The first-order valence-corrected chi connectivity index (χ1v) is 12.0. The van der Waals surface area contributed by atoms with Gasteiger partial charge >= 0.3 is 0 Å². The molecular formula is C25H30ClFN2O3S. The van der Waals surface area contributed by atoms with Crippen LogP contribution in [0.1, 0.15) is 47.3 Å². The summed E-state index contributed by atoms with van der Waals surface area (Å²) in [6, 6.07) is 8.24. The topological polar surface area (TPSA) is 52.6 Å². The fourth-order valence-corrected chi connectivity index (χ4v) is 4.62. The number of benzene rings is 2. The molecule has 0 unspecified atom stereocenters. The quantitative estimate of drug-likeness (QED) is 0.322. The second-order valence-electron chi connectivity index (χ2n) is 8.17. The van der Waals surface area contributed by atoms with Crippen molar-refractivity contribution in [1.29, 1.82) is 0 Å². The molecule has 1 atom stereocenters. The summed E-state index contributed by atoms with van der Waals surface area (Å²) >= 11 is 7.82. The summed E-state index contributed by atoms with van der Waals surface area (Å²) in [5, 5.41) is 5.01. The first-order valence-electron chi connectivity index (χ1n) is 10.8. The number of nitrogens with zero attached hydrogens (tertiary/aromatic N) is 1. The average molecular weight is 493 g/mol. The Hall–Kier alpha value is -2.35. The van der Waals surface area contributed by atoms with Crippen molar-refractivity contribution in [3.63, 3.8) is 0 Å². The van der Waals surface area contributed by atoms with E-state index in [1.807, 2.05) is 6.20 Å². The normalized spacial score (nSPS) is 12.1. The van der Waals surface area contributed by atoms with Crippen LogP contribution in [0.5, 0.6) is 17.2 Å². The van der Waals surface area contributed by atoms with Crippen molar-refractivity contribution in [2.75, 3.05) is 14.2 Å². The number of hydrogen-bond donors (Lipinski definition) is 1. The Kier molecular flexibility index (Phi) is 8.95. The van der Waals surface area contributed by atoms with Crippen LogP contribution in [0, 0.1) is 18.7 Å². The van der Waals surface area contributed by atoms with Gasteiger partial charge in [-0.2, -0.15) is 0 Å². The van der Waals surface area contributed by atoms with Crippen LogP contribution < -0.4 is 19.5 Å². The number of halogens is 2. The molecule has 0 aliphatic carbocycles. The lowest BCUT2D eigenvalue weighted by molar-refractivity contribution is 0.293. The number of aromatic nitrogens is 1. The Morgan fingerprint density at radius 1 is 1.12 bits per heavy atom. The van der Waals surface area contributed by atoms with Crippen LogP contribution in [-0.4, -0.2) is 19.2 Å². The van der Waals surface area contributed by atoms with Gasteiger partial charge < -0.3 is 19.5 Å². The smallest absolute Gasteiger partial charge is 0.131 e. The van der Waals surface area contributed by atoms with Crippen molar-refractivity contribution < 1.29 is 18.6 Å². The predicted molar refractivity (Wildman–Crippen MR) is 131 cm³/mol. The van der Waals surface area contributed by atoms with E-state index in [0.717, 1.165) is 17.0 Å². The lowest BCUT2D eigenvalue weighted by Gasteiger charge is -2.21. The standard InChI is InChI=1S/C25H30ClFN2O3S/c1-15(2)9-22(25-29-12-16(3)33-25)28-13-18-23(30-4)10-17(11-24(18)31-5)32-14-19-20(26)7-6-8-21(19)27/h6-8,10-12,15,22,28H,9,13-14H2,1-5H3/t22-/m0/s1. The van der Waals surface area contributed by atoms with E-state index in [9.17, 15) is 4.39 Å². The molecule has 0 saturated carbocycles. The van der Waals surface area contributed by atoms with Crippen LogP contribution >= 0.6 is 22.9 Å². The van der Waals surface area contributed by atoms with Gasteiger partial charge in [-0.15, -0.1) is 11.3 Å². The van der Waals surface area contributed by atoms with Gasteiger partial charge in [0, 0.05) is 35.3 Å². The van der Waals surface area contributed by atoms with Crippen molar-refractivity contribution in [2.45, 2.75) is 46.4 Å². The van der Waals surface area contributed by atoms with Gasteiger partial charge in [-0.1, -0.05) is 31.5 Å². The third-order valence-corrected chi connectivity index (χ3v) is 6.58. The first-order chi connectivity index (χ1) is 15.8. The Balaban J connectivity index is 1.80. The Morgan fingerprint density at radius 3 is 2.36 bits per heavy atom. The van der Waals surface area contributed by atoms with E-state index < -0.39 is 5.82 Å². The van der Waals surface area contributed by atoms with E-state index in [1.165, 1.54) is 10.9 Å². The number of methoxy groups -OCH3 is 2. The van der Waals surface area contributed by atoms with Crippen LogP contribution in [0.25, 0.3) is 0 Å². The maximum Gasteiger partial charge on any atom is 0.131 e. The highest BCUT2D eigenvalue weighted by Crippen LogP contribution is 2.36. The Labute approximate surface area is 203 Å². The number of hydrogen-bond acceptors (Lipinski definition) is 6. The fourth-order valence-electron chi connectivity index (χ4n) is 3.54. The molecule has 178 valence electrons. The van der Waals surface area contributed by atoms with Gasteiger partial charge in [-0.3, -0.25) is 0 Å². The summed E-state index contributed by atoms with van der Waals surface area (Å²) in [6.45, 7) is 6.98. The minimum Gasteiger partial charge on any atom is -0.496 e. The summed E-state index contributed by atoms with van der Waals surface area (Å²) in [6.07, 6.45) is 2.87. The summed E-state index contributed by atoms with van der Waals surface area (Å²) < 4.78 is 31.2. The molecule has 0 radical (unpaired) electrons. The van der Waals surface area contributed by atoms with Gasteiger partial charge in [0.05, 0.1) is 30.8 Å². The maximum absolute atomic E-state index is 14.1. The van der Waals surface area contributed by atoms with Crippen LogP contribution in [0.15, 0.2) is 36.5 Å². The van der Waals surface area contributed by atoms with E-state index in [2.05, 4.69) is 31.1 Å². The van der Waals surface area contributed by atoms with Crippen LogP contribution in [0.4, 0.5) is 4.39 Å². The number of aryl methyl sites for hydroxylation is 1. The van der Waals surface area contributed by atoms with Gasteiger partial charge in [0.25, 0.3) is 0 Å². The van der Waals surface area contributed by atoms with Crippen LogP contribution in [-0.2, 0) is 13.2 Å². The largest absolute Gasteiger partial charge is 0.496 e. The molecular weight excluding hydrogens is 463 g/mol. The third-order valence-electron chi connectivity index (χ3n) is 5.20. The highest BCUT2D eigenvalue weighted by molar-refractivity contribution is 7.11. The third kappa shape index (κ3) is 6.59. The molecule has 0 spiro atoms. The van der Waals surface area contributed by atoms with Crippen molar-refractivity contribution >= 4 is 22.9 Å². The number of thiazole rings is 1. The molecule has 1 N–H and O–H groups in total. The Morgan fingerprint density at radius 2 is 1.82 bits per heavy atom. The zero-order valence-corrected chi connectivity index (χ0v) is 21.1. The molecule has 0 aliphatic rings. The molecule has 33 heavy (non-hydrogen) atoms. The molecule has 0 fully saturated rings. The van der Waals surface area contributed by atoms with Crippen molar-refractivity contribution in [1.82, 2.24) is 10.3 Å². The van der Waals surface area contributed by atoms with Crippen LogP contribution in [0.2, 0.25) is 5.02 Å². The van der Waals surface area contributed by atoms with Crippen molar-refractivity contribution in [3.8, 4) is 17.2 Å². The molecule has 0 saturated heterocycles. The van der Waals surface area contributed by atoms with Gasteiger partial charge in [-0.05, 0) is 31.4 Å². The second kappa shape index (κ2) is 11.7. The monoisotopic (exact) mass is 492 g/mol. The maximum atomic E-state index is 14.1. The zero-order valence-electron chi connectivity index (χ0n) is 19.6. The second-order valence-corrected chi connectivity index (χ2v) is 9.84. The molecule has 0 amide bonds. The minimum absolute atomic E-state index is 0.00469. The summed E-state index contributed by atoms with van der Waals surface area (Å²) in [4.78, 5) is 5.77. The summed E-state index contributed by atoms with van der Waals surface area (Å²) in [5.41, 5.74) is 1.18. The molecule has 3 rings (SSSR count). The van der Waals surface area contributed by atoms with E-state index in [1.54, 1.807) is 49.8 Å². The number of rotatable bonds is 11. The lowest BCUT2D eigenvalue weighted by Crippen LogP contribution is -2.23. The van der Waals surface area contributed by atoms with Crippen molar-refractivity contribution in [3.05, 3.63) is 68.4 Å². The minimum atomic E-state index is -0.407. The highest BCUT2D eigenvalue weighted by Gasteiger charge is 2.20. The predicted octanol–water partition coefficient (Wildman–Crippen LogP) is 6.72. The number of ether oxygens (including phenoxy) is 3. The van der Waals surface area contributed by atoms with E-state index >= 15 is 0 Å². The highest BCUT2D eigenvalue weighted by atomic mass is 35.5. The Bertz CT molecular complexity index is 1030. The molecule has 8 heteroatoms. The summed E-state index contributed by atoms with van der Waals surface area (Å²) in [7, 11) is 3.21. The van der Waals surface area contributed by atoms with Gasteiger partial charge in [0.1, 0.15) is 34.7 Å². The molecule has 0 bridgehead atoms. The van der Waals surface area contributed by atoms with E-state index in [0.29, 0.717) is 40.3 Å². The molecule has 0 aliphatic heterocycles. The molecule has 3 aromatic rings. The summed E-state index contributed by atoms with van der Waals surface area (Å²) in [5.74, 6) is 1.85. The molecule has 1 heterocycles. The first kappa shape index (κ1) is 25.3. The SMILES string of the molecule is COc1cc(OCc2c(F)cccc2Cl)cc(OC)c1CN[C@@H](CC(C)C)c1ncc(C)s1. The average Bonchev–Trinajstić information content (AvgIpc) is 3.22. The van der Waals surface area contributed by atoms with E-state index in [-0.39, 0.29) is 12.6 Å². The molecule has 5 nitrogen and oxygen atoms in total. The van der Waals surface area contributed by atoms with Gasteiger partial charge in [0.2, 0.25) is 0 Å². The molecule has 2 aromatic carbocycles. The lowest BCUT2D eigenvalue weighted by atomic mass is 10.0. The van der Waals surface area contributed by atoms with Crippen LogP contribution in [0.3, 0.4) is 0 Å². The van der Waals surface area contributed by atoms with Gasteiger partial charge in [-0.25, -0.2) is 9.37 Å². The van der Waals surface area contributed by atoms with Crippen molar-refractivity contribution in [2.24, 2.45) is 5.92 Å². The van der Waals surface area contributed by atoms with Gasteiger partial charge in [0.15, 0.2) is 0 Å². The van der Waals surface area contributed by atoms with E-state index in [4.69, 9.17) is 25.8 Å². The fraction of sp³-hybridized carbons (Fsp3) is 0.400. The molecule has 1 aromatic heterocycles. The zero-order chi connectivity index (χ0) is 24.0.